The summed E-state index contributed by atoms with van der Waals surface area (Å²) in [7, 11) is 0. The van der Waals surface area contributed by atoms with Gasteiger partial charge in [0.2, 0.25) is 16.9 Å². The van der Waals surface area contributed by atoms with Crippen molar-refractivity contribution in [2.45, 2.75) is 26.4 Å². The Morgan fingerprint density at radius 2 is 1.89 bits per heavy atom. The van der Waals surface area contributed by atoms with Gasteiger partial charge in [0.05, 0.1) is 0 Å². The number of ether oxygens (including phenoxy) is 1. The Labute approximate surface area is 102 Å². The summed E-state index contributed by atoms with van der Waals surface area (Å²) in [5.74, 6) is -5.28. The maximum absolute atomic E-state index is 11.6. The van der Waals surface area contributed by atoms with Crippen LogP contribution in [-0.2, 0) is 4.74 Å². The summed E-state index contributed by atoms with van der Waals surface area (Å²) in [5.41, 5.74) is -1.85. The lowest BCUT2D eigenvalue weighted by molar-refractivity contribution is 0.00309. The van der Waals surface area contributed by atoms with E-state index < -0.39 is 40.2 Å². The second-order valence-corrected chi connectivity index (χ2v) is 4.46. The van der Waals surface area contributed by atoms with Crippen LogP contribution in [0, 0.1) is 0 Å². The molecule has 7 heteroatoms. The lowest BCUT2D eigenvalue weighted by atomic mass is 10.2. The van der Waals surface area contributed by atoms with Crippen molar-refractivity contribution in [3.05, 3.63) is 27.8 Å². The predicted molar refractivity (Wildman–Crippen MR) is 58.8 cm³/mol. The fourth-order valence-electron chi connectivity index (χ4n) is 1.06. The summed E-state index contributed by atoms with van der Waals surface area (Å²) < 4.78 is 9.54. The minimum Gasteiger partial charge on any atom is -0.501 e. The van der Waals surface area contributed by atoms with Gasteiger partial charge in [-0.25, -0.2) is 9.59 Å². The fourth-order valence-corrected chi connectivity index (χ4v) is 1.06. The Balaban J connectivity index is 3.24. The first kappa shape index (κ1) is 13.8. The highest BCUT2D eigenvalue weighted by atomic mass is 16.6. The molecule has 0 bridgehead atoms. The van der Waals surface area contributed by atoms with Gasteiger partial charge in [-0.15, -0.1) is 0 Å². The van der Waals surface area contributed by atoms with E-state index >= 15 is 0 Å². The van der Waals surface area contributed by atoms with Gasteiger partial charge in [-0.3, -0.25) is 4.79 Å². The fraction of sp³-hybridized carbons (Fsp3) is 0.364. The molecular formula is C11H12O7. The molecule has 0 saturated heterocycles. The first-order valence-corrected chi connectivity index (χ1v) is 4.95. The zero-order valence-electron chi connectivity index (χ0n) is 10.0. The summed E-state index contributed by atoms with van der Waals surface area (Å²) in [5, 5.41) is 17.9. The van der Waals surface area contributed by atoms with Crippen molar-refractivity contribution < 1.29 is 29.0 Å². The maximum atomic E-state index is 11.6. The number of carbonyl (C=O) groups is 2. The van der Waals surface area contributed by atoms with Gasteiger partial charge in [-0.1, -0.05) is 0 Å². The molecule has 7 nitrogen and oxygen atoms in total. The quantitative estimate of drug-likeness (QED) is 0.758. The Hall–Kier alpha value is -2.31. The summed E-state index contributed by atoms with van der Waals surface area (Å²) in [6.07, 6.45) is 0. The molecule has 0 radical (unpaired) electrons. The second kappa shape index (κ2) is 4.52. The predicted octanol–water partition coefficient (Wildman–Crippen LogP) is 0.999. The standard InChI is InChI=1S/C11H12O7/c1-11(2,3)18-10(16)6-4-5(12)7(13)8(17-6)9(14)15/h4,13H,1-3H3,(H,14,15). The molecule has 0 fully saturated rings. The zero-order valence-corrected chi connectivity index (χ0v) is 10.0. The number of carbonyl (C=O) groups excluding carboxylic acids is 1. The van der Waals surface area contributed by atoms with Crippen molar-refractivity contribution in [3.63, 3.8) is 0 Å². The van der Waals surface area contributed by atoms with Gasteiger partial charge in [0.25, 0.3) is 5.76 Å². The SMILES string of the molecule is CC(C)(C)OC(=O)c1cc(=O)c(O)c(C(=O)O)o1. The van der Waals surface area contributed by atoms with Crippen LogP contribution in [0.3, 0.4) is 0 Å². The van der Waals surface area contributed by atoms with Crippen molar-refractivity contribution >= 4 is 11.9 Å². The van der Waals surface area contributed by atoms with Crippen LogP contribution in [0.1, 0.15) is 41.9 Å². The molecule has 2 N–H and O–H groups in total. The van der Waals surface area contributed by atoms with E-state index in [0.717, 1.165) is 0 Å². The van der Waals surface area contributed by atoms with Crippen LogP contribution in [0.15, 0.2) is 15.3 Å². The molecule has 0 aliphatic heterocycles. The van der Waals surface area contributed by atoms with E-state index in [1.54, 1.807) is 20.8 Å². The molecule has 1 rings (SSSR count). The van der Waals surface area contributed by atoms with Gasteiger partial charge >= 0.3 is 11.9 Å². The minimum atomic E-state index is -1.66. The molecule has 0 atom stereocenters. The van der Waals surface area contributed by atoms with Crippen molar-refractivity contribution in [2.75, 3.05) is 0 Å². The van der Waals surface area contributed by atoms with Gasteiger partial charge in [0.1, 0.15) is 5.60 Å². The number of esters is 1. The van der Waals surface area contributed by atoms with Gasteiger partial charge in [-0.05, 0) is 20.8 Å². The Morgan fingerprint density at radius 3 is 2.33 bits per heavy atom. The molecule has 98 valence electrons. The van der Waals surface area contributed by atoms with E-state index in [1.807, 2.05) is 0 Å². The lowest BCUT2D eigenvalue weighted by Crippen LogP contribution is -2.25. The number of hydrogen-bond acceptors (Lipinski definition) is 6. The first-order chi connectivity index (χ1) is 8.11. The maximum Gasteiger partial charge on any atom is 0.375 e. The largest absolute Gasteiger partial charge is 0.501 e. The van der Waals surface area contributed by atoms with E-state index in [0.29, 0.717) is 6.07 Å². The topological polar surface area (TPSA) is 114 Å². The van der Waals surface area contributed by atoms with Gasteiger partial charge in [-0.2, -0.15) is 0 Å². The lowest BCUT2D eigenvalue weighted by Gasteiger charge is -2.18. The van der Waals surface area contributed by atoms with Crippen LogP contribution in [0.2, 0.25) is 0 Å². The molecule has 0 aliphatic carbocycles. The van der Waals surface area contributed by atoms with Crippen LogP contribution in [0.4, 0.5) is 0 Å². The average molecular weight is 256 g/mol. The third-order valence-corrected chi connectivity index (χ3v) is 1.72. The summed E-state index contributed by atoms with van der Waals surface area (Å²) in [6, 6.07) is 0.676. The van der Waals surface area contributed by atoms with Crippen LogP contribution in [-0.4, -0.2) is 27.8 Å². The molecule has 0 saturated carbocycles. The average Bonchev–Trinajstić information content (AvgIpc) is 2.18. The number of carboxylic acids is 1. The highest BCUT2D eigenvalue weighted by molar-refractivity contribution is 5.90. The third kappa shape index (κ3) is 3.09. The van der Waals surface area contributed by atoms with Gasteiger partial charge in [0, 0.05) is 6.07 Å². The van der Waals surface area contributed by atoms with E-state index in [2.05, 4.69) is 4.42 Å². The third-order valence-electron chi connectivity index (χ3n) is 1.72. The van der Waals surface area contributed by atoms with Crippen LogP contribution in [0.25, 0.3) is 0 Å². The number of aromatic hydroxyl groups is 1. The first-order valence-electron chi connectivity index (χ1n) is 4.95. The molecule has 1 aromatic heterocycles. The summed E-state index contributed by atoms with van der Waals surface area (Å²) in [4.78, 5) is 33.5. The Bertz CT molecular complexity index is 547. The Kier molecular flexibility index (Phi) is 3.45. The molecular weight excluding hydrogens is 244 g/mol. The number of rotatable bonds is 2. The normalized spacial score (nSPS) is 11.1. The van der Waals surface area contributed by atoms with E-state index in [9.17, 15) is 14.4 Å². The highest BCUT2D eigenvalue weighted by Crippen LogP contribution is 2.16. The molecule has 0 aliphatic rings. The van der Waals surface area contributed by atoms with Crippen molar-refractivity contribution in [3.8, 4) is 5.75 Å². The number of aromatic carboxylic acids is 1. The van der Waals surface area contributed by atoms with E-state index in [1.165, 1.54) is 0 Å². The van der Waals surface area contributed by atoms with Gasteiger partial charge < -0.3 is 19.4 Å². The van der Waals surface area contributed by atoms with Crippen molar-refractivity contribution in [1.82, 2.24) is 0 Å². The van der Waals surface area contributed by atoms with E-state index in [4.69, 9.17) is 14.9 Å². The minimum absolute atomic E-state index is 0.579. The van der Waals surface area contributed by atoms with Crippen LogP contribution < -0.4 is 5.43 Å². The summed E-state index contributed by atoms with van der Waals surface area (Å²) in [6.45, 7) is 4.80. The molecule has 0 spiro atoms. The second-order valence-electron chi connectivity index (χ2n) is 4.46. The zero-order chi connectivity index (χ0) is 14.1. The highest BCUT2D eigenvalue weighted by Gasteiger charge is 2.24. The van der Waals surface area contributed by atoms with Gasteiger partial charge in [0.15, 0.2) is 0 Å². The molecule has 1 heterocycles. The molecule has 0 aromatic carbocycles. The monoisotopic (exact) mass is 256 g/mol. The van der Waals surface area contributed by atoms with Crippen LogP contribution >= 0.6 is 0 Å². The molecule has 0 unspecified atom stereocenters. The number of carboxylic acid groups (broad SMARTS) is 1. The van der Waals surface area contributed by atoms with E-state index in [-0.39, 0.29) is 0 Å². The van der Waals surface area contributed by atoms with Crippen molar-refractivity contribution in [1.29, 1.82) is 0 Å². The van der Waals surface area contributed by atoms with Crippen LogP contribution in [0.5, 0.6) is 5.75 Å². The Morgan fingerprint density at radius 1 is 1.33 bits per heavy atom. The molecule has 18 heavy (non-hydrogen) atoms. The molecule has 1 aromatic rings. The number of hydrogen-bond donors (Lipinski definition) is 2. The summed E-state index contributed by atoms with van der Waals surface area (Å²) >= 11 is 0. The smallest absolute Gasteiger partial charge is 0.375 e. The van der Waals surface area contributed by atoms with Crippen molar-refractivity contribution in [2.24, 2.45) is 0 Å². The molecule has 0 amide bonds.